The highest BCUT2D eigenvalue weighted by atomic mass is 19.1. The van der Waals surface area contributed by atoms with E-state index in [9.17, 15) is 18.8 Å². The van der Waals surface area contributed by atoms with Gasteiger partial charge in [-0.05, 0) is 25.0 Å². The van der Waals surface area contributed by atoms with Crippen LogP contribution in [-0.2, 0) is 13.0 Å². The van der Waals surface area contributed by atoms with Crippen molar-refractivity contribution in [1.29, 1.82) is 0 Å². The number of nitrogens with zero attached hydrogens (tertiary/aromatic N) is 1. The lowest BCUT2D eigenvalue weighted by Crippen LogP contribution is -2.38. The van der Waals surface area contributed by atoms with E-state index < -0.39 is 17.0 Å². The van der Waals surface area contributed by atoms with Gasteiger partial charge in [-0.3, -0.25) is 14.2 Å². The summed E-state index contributed by atoms with van der Waals surface area (Å²) in [4.78, 5) is 37.2. The van der Waals surface area contributed by atoms with E-state index in [-0.39, 0.29) is 24.3 Å². The topological polar surface area (TPSA) is 71.9 Å². The maximum absolute atomic E-state index is 13.5. The molecule has 1 N–H and O–H groups in total. The van der Waals surface area contributed by atoms with Crippen LogP contribution < -0.4 is 11.2 Å². The van der Waals surface area contributed by atoms with Crippen LogP contribution >= 0.6 is 0 Å². The first-order valence-electron chi connectivity index (χ1n) is 6.07. The largest absolute Gasteiger partial charge is 0.328 e. The first-order valence-corrected chi connectivity index (χ1v) is 6.07. The third-order valence-corrected chi connectivity index (χ3v) is 3.00. The Kier molecular flexibility index (Phi) is 3.93. The quantitative estimate of drug-likeness (QED) is 0.851. The van der Waals surface area contributed by atoms with E-state index in [0.29, 0.717) is 5.56 Å². The summed E-state index contributed by atoms with van der Waals surface area (Å²) in [7, 11) is 0. The van der Waals surface area contributed by atoms with Crippen molar-refractivity contribution in [3.8, 4) is 0 Å². The van der Waals surface area contributed by atoms with Crippen molar-refractivity contribution in [2.75, 3.05) is 0 Å². The Balaban J connectivity index is 2.33. The molecule has 0 atom stereocenters. The third-order valence-electron chi connectivity index (χ3n) is 3.00. The first kappa shape index (κ1) is 13.9. The predicted octanol–water partition coefficient (Wildman–Crippen LogP) is 1.12. The van der Waals surface area contributed by atoms with E-state index in [4.69, 9.17) is 0 Å². The lowest BCUT2D eigenvalue weighted by molar-refractivity contribution is 0.101. The predicted molar refractivity (Wildman–Crippen MR) is 71.4 cm³/mol. The van der Waals surface area contributed by atoms with E-state index in [1.165, 1.54) is 13.0 Å². The fourth-order valence-electron chi connectivity index (χ4n) is 1.90. The van der Waals surface area contributed by atoms with Crippen LogP contribution in [0.25, 0.3) is 0 Å². The summed E-state index contributed by atoms with van der Waals surface area (Å²) in [6, 6.07) is 6.14. The minimum atomic E-state index is -0.655. The Bertz CT molecular complexity index is 761. The number of benzene rings is 1. The average Bonchev–Trinajstić information content (AvgIpc) is 2.40. The number of hydrogen-bond donors (Lipinski definition) is 1. The highest BCUT2D eigenvalue weighted by Gasteiger charge is 2.11. The summed E-state index contributed by atoms with van der Waals surface area (Å²) < 4.78 is 14.4. The molecule has 0 amide bonds. The maximum atomic E-state index is 13.5. The van der Waals surface area contributed by atoms with Crippen molar-refractivity contribution in [3.63, 3.8) is 0 Å². The molecule has 0 aliphatic carbocycles. The summed E-state index contributed by atoms with van der Waals surface area (Å²) in [5.41, 5.74) is -0.945. The molecule has 0 spiro atoms. The number of H-pyrrole nitrogens is 1. The van der Waals surface area contributed by atoms with Crippen LogP contribution in [0.2, 0.25) is 0 Å². The lowest BCUT2D eigenvalue weighted by atomic mass is 10.1. The summed E-state index contributed by atoms with van der Waals surface area (Å²) in [6.45, 7) is 1.26. The van der Waals surface area contributed by atoms with Gasteiger partial charge in [0.1, 0.15) is 5.82 Å². The van der Waals surface area contributed by atoms with Crippen LogP contribution in [0.5, 0.6) is 0 Å². The first-order chi connectivity index (χ1) is 9.50. The Morgan fingerprint density at radius 3 is 2.65 bits per heavy atom. The van der Waals surface area contributed by atoms with Crippen molar-refractivity contribution < 1.29 is 9.18 Å². The molecule has 0 unspecified atom stereocenters. The number of aryl methyl sites for hydroxylation is 1. The van der Waals surface area contributed by atoms with Gasteiger partial charge in [0, 0.05) is 12.7 Å². The summed E-state index contributed by atoms with van der Waals surface area (Å²) in [5, 5.41) is 0. The van der Waals surface area contributed by atoms with Gasteiger partial charge in [0.2, 0.25) is 0 Å². The molecule has 1 heterocycles. The molecule has 6 heteroatoms. The van der Waals surface area contributed by atoms with E-state index in [1.807, 2.05) is 0 Å². The number of hydrogen-bond acceptors (Lipinski definition) is 3. The van der Waals surface area contributed by atoms with Crippen LogP contribution in [0.4, 0.5) is 4.39 Å². The zero-order valence-electron chi connectivity index (χ0n) is 10.9. The Morgan fingerprint density at radius 1 is 1.30 bits per heavy atom. The number of rotatable bonds is 4. The van der Waals surface area contributed by atoms with Crippen molar-refractivity contribution in [2.45, 2.75) is 19.9 Å². The van der Waals surface area contributed by atoms with Crippen LogP contribution in [0.3, 0.4) is 0 Å². The second-order valence-corrected chi connectivity index (χ2v) is 4.36. The summed E-state index contributed by atoms with van der Waals surface area (Å²) >= 11 is 0. The van der Waals surface area contributed by atoms with Gasteiger partial charge in [0.25, 0.3) is 5.56 Å². The summed E-state index contributed by atoms with van der Waals surface area (Å²) in [6.07, 6.45) is 1.30. The molecule has 20 heavy (non-hydrogen) atoms. The zero-order chi connectivity index (χ0) is 14.7. The van der Waals surface area contributed by atoms with E-state index in [0.717, 1.165) is 10.8 Å². The van der Waals surface area contributed by atoms with Gasteiger partial charge in [0.05, 0.1) is 5.56 Å². The number of aromatic amines is 1. The Labute approximate surface area is 113 Å². The fraction of sp³-hybridized carbons (Fsp3) is 0.214. The number of halogens is 1. The van der Waals surface area contributed by atoms with Crippen LogP contribution in [0, 0.1) is 5.82 Å². The van der Waals surface area contributed by atoms with Crippen molar-refractivity contribution >= 4 is 5.78 Å². The molecule has 1 aromatic carbocycles. The van der Waals surface area contributed by atoms with Crippen LogP contribution in [0.15, 0.2) is 40.1 Å². The van der Waals surface area contributed by atoms with Gasteiger partial charge < -0.3 is 4.98 Å². The molecular weight excluding hydrogens is 263 g/mol. The number of nitrogens with one attached hydrogen (secondary N) is 1. The van der Waals surface area contributed by atoms with Gasteiger partial charge in [-0.15, -0.1) is 0 Å². The highest BCUT2D eigenvalue weighted by molar-refractivity contribution is 5.93. The second-order valence-electron chi connectivity index (χ2n) is 4.36. The van der Waals surface area contributed by atoms with Crippen molar-refractivity contribution in [3.05, 3.63) is 68.2 Å². The minimum absolute atomic E-state index is 0.0101. The lowest BCUT2D eigenvalue weighted by Gasteiger charge is -2.06. The van der Waals surface area contributed by atoms with E-state index in [1.54, 1.807) is 18.2 Å². The molecule has 2 rings (SSSR count). The van der Waals surface area contributed by atoms with Gasteiger partial charge >= 0.3 is 5.69 Å². The molecule has 0 bridgehead atoms. The average molecular weight is 276 g/mol. The highest BCUT2D eigenvalue weighted by Crippen LogP contribution is 2.07. The van der Waals surface area contributed by atoms with Gasteiger partial charge in [-0.1, -0.05) is 18.2 Å². The molecular formula is C14H13FN2O3. The Morgan fingerprint density at radius 2 is 2.00 bits per heavy atom. The van der Waals surface area contributed by atoms with Crippen LogP contribution in [-0.4, -0.2) is 15.3 Å². The normalized spacial score (nSPS) is 10.5. The molecule has 1 aromatic heterocycles. The standard InChI is InChI=1S/C14H13FN2O3/c1-9(18)11-8-16-14(20)17(13(11)19)7-6-10-4-2-3-5-12(10)15/h2-5,8H,6-7H2,1H3,(H,16,20). The van der Waals surface area contributed by atoms with E-state index in [2.05, 4.69) is 4.98 Å². The molecule has 2 aromatic rings. The SMILES string of the molecule is CC(=O)c1c[nH]c(=O)n(CCc2ccccc2F)c1=O. The second kappa shape index (κ2) is 5.64. The molecule has 0 radical (unpaired) electrons. The molecule has 0 saturated heterocycles. The molecule has 5 nitrogen and oxygen atoms in total. The van der Waals surface area contributed by atoms with E-state index >= 15 is 0 Å². The molecule has 0 aliphatic rings. The van der Waals surface area contributed by atoms with Gasteiger partial charge in [-0.25, -0.2) is 9.18 Å². The molecule has 104 valence electrons. The molecule has 0 fully saturated rings. The fourth-order valence-corrected chi connectivity index (χ4v) is 1.90. The number of carbonyl (C=O) groups is 1. The zero-order valence-corrected chi connectivity index (χ0v) is 10.9. The van der Waals surface area contributed by atoms with Crippen molar-refractivity contribution in [1.82, 2.24) is 9.55 Å². The third kappa shape index (κ3) is 2.74. The monoisotopic (exact) mass is 276 g/mol. The van der Waals surface area contributed by atoms with Gasteiger partial charge in [-0.2, -0.15) is 0 Å². The van der Waals surface area contributed by atoms with Gasteiger partial charge in [0.15, 0.2) is 5.78 Å². The smallest absolute Gasteiger partial charge is 0.313 e. The molecule has 0 aliphatic heterocycles. The maximum Gasteiger partial charge on any atom is 0.328 e. The summed E-state index contributed by atoms with van der Waals surface area (Å²) in [5.74, 6) is -0.814. The number of carbonyl (C=O) groups excluding carboxylic acids is 1. The van der Waals surface area contributed by atoms with Crippen molar-refractivity contribution in [2.24, 2.45) is 0 Å². The number of ketones is 1. The number of Topliss-reactive ketones (excluding diaryl/α,β-unsaturated/α-hetero) is 1. The minimum Gasteiger partial charge on any atom is -0.313 e. The van der Waals surface area contributed by atoms with Crippen LogP contribution in [0.1, 0.15) is 22.8 Å². The molecule has 0 saturated carbocycles. The Hall–Kier alpha value is -2.50. The number of aromatic nitrogens is 2.